The van der Waals surface area contributed by atoms with E-state index in [0.29, 0.717) is 11.4 Å². The van der Waals surface area contributed by atoms with E-state index in [0.717, 1.165) is 5.69 Å². The molecule has 0 unspecified atom stereocenters. The molecule has 4 heterocycles. The molecular formula is C19H18BrN9O5. The number of carbonyl (C=O) groups excluding carboxylic acids is 2. The van der Waals surface area contributed by atoms with Crippen LogP contribution in [0.25, 0.3) is 0 Å². The largest absolute Gasteiger partial charge is 0.454 e. The Morgan fingerprint density at radius 1 is 1.12 bits per heavy atom. The summed E-state index contributed by atoms with van der Waals surface area (Å²) in [5, 5.41) is 28.3. The van der Waals surface area contributed by atoms with Gasteiger partial charge in [-0.25, -0.2) is 0 Å². The molecule has 0 saturated carbocycles. The smallest absolute Gasteiger partial charge is 0.404 e. The zero-order valence-electron chi connectivity index (χ0n) is 18.1. The van der Waals surface area contributed by atoms with Crippen LogP contribution < -0.4 is 10.6 Å². The number of nitrogens with one attached hydrogen (secondary N) is 2. The molecule has 2 amide bonds. The van der Waals surface area contributed by atoms with Crippen LogP contribution in [0.3, 0.4) is 0 Å². The third kappa shape index (κ3) is 4.45. The Kier molecular flexibility index (Phi) is 6.02. The van der Waals surface area contributed by atoms with Crippen molar-refractivity contribution in [2.24, 2.45) is 14.1 Å². The number of amides is 2. The van der Waals surface area contributed by atoms with Gasteiger partial charge < -0.3 is 25.2 Å². The molecule has 0 bridgehead atoms. The minimum absolute atomic E-state index is 0.0194. The van der Waals surface area contributed by atoms with Crippen LogP contribution in [-0.4, -0.2) is 46.1 Å². The molecule has 176 valence electrons. The molecule has 34 heavy (non-hydrogen) atoms. The SMILES string of the molecule is Cc1c(NC(=O)c2c(NC(=O)c3ccc(Cn4cc(Br)c([N+](=O)[O-])n4)o3)cnn2C)cnn1C. The summed E-state index contributed by atoms with van der Waals surface area (Å²) in [4.78, 5) is 35.9. The number of carbonyl (C=O) groups is 2. The maximum Gasteiger partial charge on any atom is 0.404 e. The van der Waals surface area contributed by atoms with E-state index in [1.807, 2.05) is 6.92 Å². The number of anilines is 2. The van der Waals surface area contributed by atoms with E-state index >= 15 is 0 Å². The first kappa shape index (κ1) is 22.9. The van der Waals surface area contributed by atoms with Gasteiger partial charge >= 0.3 is 5.82 Å². The Morgan fingerprint density at radius 3 is 2.44 bits per heavy atom. The number of hydrogen-bond acceptors (Lipinski definition) is 8. The molecule has 0 aliphatic carbocycles. The molecule has 4 aromatic rings. The second kappa shape index (κ2) is 8.93. The van der Waals surface area contributed by atoms with E-state index in [-0.39, 0.29) is 34.0 Å². The molecule has 0 atom stereocenters. The van der Waals surface area contributed by atoms with Gasteiger partial charge in [0.05, 0.1) is 40.8 Å². The number of hydrogen-bond donors (Lipinski definition) is 2. The molecule has 0 aliphatic heterocycles. The summed E-state index contributed by atoms with van der Waals surface area (Å²) in [6.07, 6.45) is 4.32. The van der Waals surface area contributed by atoms with E-state index < -0.39 is 16.7 Å². The average Bonchev–Trinajstić information content (AvgIpc) is 3.54. The molecule has 14 nitrogen and oxygen atoms in total. The second-order valence-corrected chi connectivity index (χ2v) is 8.08. The Labute approximate surface area is 199 Å². The highest BCUT2D eigenvalue weighted by Crippen LogP contribution is 2.23. The van der Waals surface area contributed by atoms with Gasteiger partial charge in [0, 0.05) is 14.1 Å². The molecule has 2 N–H and O–H groups in total. The molecule has 0 spiro atoms. The molecule has 0 saturated heterocycles. The summed E-state index contributed by atoms with van der Waals surface area (Å²) in [7, 11) is 3.33. The normalized spacial score (nSPS) is 10.9. The summed E-state index contributed by atoms with van der Waals surface area (Å²) in [6.45, 7) is 1.88. The van der Waals surface area contributed by atoms with Gasteiger partial charge in [0.1, 0.15) is 22.5 Å². The number of aromatic nitrogens is 6. The zero-order chi connectivity index (χ0) is 24.6. The number of halogens is 1. The van der Waals surface area contributed by atoms with Crippen molar-refractivity contribution in [1.29, 1.82) is 0 Å². The molecular weight excluding hydrogens is 514 g/mol. The first-order valence-corrected chi connectivity index (χ1v) is 10.5. The highest BCUT2D eigenvalue weighted by Gasteiger charge is 2.23. The fourth-order valence-corrected chi connectivity index (χ4v) is 3.58. The fraction of sp³-hybridized carbons (Fsp3) is 0.211. The lowest BCUT2D eigenvalue weighted by atomic mass is 10.3. The standard InChI is InChI=1S/C19H18BrN9O5/c1-10-13(6-21-26(10)2)23-19(31)16-14(7-22-27(16)3)24-18(30)15-5-4-11(34-15)8-28-9-12(20)17(25-28)29(32)33/h4-7,9H,8H2,1-3H3,(H,23,31)(H,24,30). The van der Waals surface area contributed by atoms with Gasteiger partial charge in [-0.2, -0.15) is 14.9 Å². The van der Waals surface area contributed by atoms with Gasteiger partial charge in [-0.1, -0.05) is 0 Å². The number of rotatable bonds is 7. The summed E-state index contributed by atoms with van der Waals surface area (Å²) >= 11 is 3.08. The zero-order valence-corrected chi connectivity index (χ0v) is 19.7. The van der Waals surface area contributed by atoms with Crippen LogP contribution in [0, 0.1) is 17.0 Å². The van der Waals surface area contributed by atoms with Crippen LogP contribution in [0.2, 0.25) is 0 Å². The first-order chi connectivity index (χ1) is 16.1. The highest BCUT2D eigenvalue weighted by molar-refractivity contribution is 9.10. The lowest BCUT2D eigenvalue weighted by Gasteiger charge is -2.08. The lowest BCUT2D eigenvalue weighted by Crippen LogP contribution is -2.20. The summed E-state index contributed by atoms with van der Waals surface area (Å²) in [5.41, 5.74) is 1.62. The Balaban J connectivity index is 1.47. The fourth-order valence-electron chi connectivity index (χ4n) is 3.12. The van der Waals surface area contributed by atoms with Crippen molar-refractivity contribution in [2.45, 2.75) is 13.5 Å². The molecule has 0 radical (unpaired) electrons. The third-order valence-electron chi connectivity index (χ3n) is 4.96. The van der Waals surface area contributed by atoms with Crippen LogP contribution in [0.4, 0.5) is 17.2 Å². The van der Waals surface area contributed by atoms with Crippen LogP contribution in [-0.2, 0) is 20.6 Å². The summed E-state index contributed by atoms with van der Waals surface area (Å²) in [6, 6.07) is 3.01. The number of nitro groups is 1. The predicted octanol–water partition coefficient (Wildman–Crippen LogP) is 2.48. The topological polar surface area (TPSA) is 168 Å². The van der Waals surface area contributed by atoms with E-state index in [1.54, 1.807) is 24.8 Å². The molecule has 0 aliphatic rings. The van der Waals surface area contributed by atoms with Crippen LogP contribution in [0.5, 0.6) is 0 Å². The molecule has 0 aromatic carbocycles. The minimum atomic E-state index is -0.612. The number of furan rings is 1. The highest BCUT2D eigenvalue weighted by atomic mass is 79.9. The quantitative estimate of drug-likeness (QED) is 0.270. The third-order valence-corrected chi connectivity index (χ3v) is 5.52. The van der Waals surface area contributed by atoms with E-state index in [2.05, 4.69) is 41.9 Å². The molecule has 15 heteroatoms. The van der Waals surface area contributed by atoms with Crippen molar-refractivity contribution < 1.29 is 18.9 Å². The molecule has 0 fully saturated rings. The van der Waals surface area contributed by atoms with Crippen molar-refractivity contribution in [3.05, 3.63) is 68.2 Å². The average molecular weight is 532 g/mol. The van der Waals surface area contributed by atoms with Crippen molar-refractivity contribution in [1.82, 2.24) is 29.3 Å². The van der Waals surface area contributed by atoms with E-state index in [9.17, 15) is 19.7 Å². The van der Waals surface area contributed by atoms with Gasteiger partial charge in [0.25, 0.3) is 11.8 Å². The lowest BCUT2D eigenvalue weighted by molar-refractivity contribution is -0.390. The van der Waals surface area contributed by atoms with Crippen molar-refractivity contribution >= 4 is 44.9 Å². The summed E-state index contributed by atoms with van der Waals surface area (Å²) < 4.78 is 10.1. The second-order valence-electron chi connectivity index (χ2n) is 7.23. The minimum Gasteiger partial charge on any atom is -0.454 e. The van der Waals surface area contributed by atoms with Crippen molar-refractivity contribution in [3.63, 3.8) is 0 Å². The van der Waals surface area contributed by atoms with Crippen LogP contribution in [0.15, 0.2) is 39.6 Å². The van der Waals surface area contributed by atoms with Gasteiger partial charge in [-0.3, -0.25) is 19.0 Å². The number of aryl methyl sites for hydroxylation is 2. The molecule has 4 aromatic heterocycles. The Hall–Kier alpha value is -4.27. The first-order valence-electron chi connectivity index (χ1n) is 9.73. The van der Waals surface area contributed by atoms with Gasteiger partial charge in [-0.05, 0) is 39.9 Å². The van der Waals surface area contributed by atoms with Crippen LogP contribution in [0.1, 0.15) is 32.5 Å². The maximum atomic E-state index is 12.8. The Bertz CT molecular complexity index is 1410. The van der Waals surface area contributed by atoms with Crippen molar-refractivity contribution in [3.8, 4) is 0 Å². The number of nitrogens with zero attached hydrogens (tertiary/aromatic N) is 7. The van der Waals surface area contributed by atoms with E-state index in [1.165, 1.54) is 34.0 Å². The van der Waals surface area contributed by atoms with Gasteiger partial charge in [-0.15, -0.1) is 0 Å². The monoisotopic (exact) mass is 531 g/mol. The molecule has 4 rings (SSSR count). The van der Waals surface area contributed by atoms with Crippen LogP contribution >= 0.6 is 15.9 Å². The Morgan fingerprint density at radius 2 is 1.79 bits per heavy atom. The predicted molar refractivity (Wildman–Crippen MR) is 121 cm³/mol. The maximum absolute atomic E-state index is 12.8. The van der Waals surface area contributed by atoms with E-state index in [4.69, 9.17) is 4.42 Å². The van der Waals surface area contributed by atoms with Gasteiger partial charge in [0.15, 0.2) is 5.76 Å². The van der Waals surface area contributed by atoms with Gasteiger partial charge in [0.2, 0.25) is 0 Å². The summed E-state index contributed by atoms with van der Waals surface area (Å²) in [5.74, 6) is -1.07. The van der Waals surface area contributed by atoms with Crippen molar-refractivity contribution in [2.75, 3.05) is 10.6 Å².